The molecule has 0 fully saturated rings. The number of fused-ring (bicyclic) bond motifs is 14. The van der Waals surface area contributed by atoms with Gasteiger partial charge < -0.3 is 18.3 Å². The van der Waals surface area contributed by atoms with E-state index in [4.69, 9.17) is 15.0 Å². The molecule has 0 amide bonds. The van der Waals surface area contributed by atoms with Crippen LogP contribution in [0.15, 0.2) is 255 Å². The molecule has 0 bridgehead atoms. The summed E-state index contributed by atoms with van der Waals surface area (Å²) in [6, 6.07) is 91.3. The first-order chi connectivity index (χ1) is 38.2. The van der Waals surface area contributed by atoms with Gasteiger partial charge in [-0.2, -0.15) is 0 Å². The summed E-state index contributed by atoms with van der Waals surface area (Å²) in [5.41, 5.74) is 17.5. The Balaban J connectivity index is 1.05. The van der Waals surface area contributed by atoms with Gasteiger partial charge in [-0.15, -0.1) is 0 Å². The first-order valence-electron chi connectivity index (χ1n) is 26.2. The lowest BCUT2D eigenvalue weighted by molar-refractivity contribution is 1.08. The molecule has 5 heterocycles. The van der Waals surface area contributed by atoms with Crippen molar-refractivity contribution in [3.8, 4) is 56.9 Å². The summed E-state index contributed by atoms with van der Waals surface area (Å²) < 4.78 is 9.84. The lowest BCUT2D eigenvalue weighted by Gasteiger charge is -2.11. The predicted molar refractivity (Wildman–Crippen MR) is 318 cm³/mol. The lowest BCUT2D eigenvalue weighted by Crippen LogP contribution is -2.00. The normalized spacial score (nSPS) is 12.0. The average Bonchev–Trinajstić information content (AvgIpc) is 3.99. The maximum atomic E-state index is 5.38. The topological polar surface area (TPSA) is 58.4 Å². The number of aryl methyl sites for hydroxylation is 1. The first-order valence-corrected chi connectivity index (χ1v) is 26.2. The fraction of sp³-hybridized carbons (Fsp3) is 0.0143. The third-order valence-electron chi connectivity index (χ3n) is 15.7. The molecule has 16 aromatic rings. The third kappa shape index (κ3) is 6.41. The van der Waals surface area contributed by atoms with Gasteiger partial charge in [-0.05, 0) is 97.4 Å². The summed E-state index contributed by atoms with van der Waals surface area (Å²) in [4.78, 5) is 15.9. The van der Waals surface area contributed by atoms with Crippen LogP contribution in [0.2, 0.25) is 0 Å². The minimum Gasteiger partial charge on any atom is -0.309 e. The molecular formula is C70H45N7. The molecule has 5 aromatic heterocycles. The maximum Gasteiger partial charge on any atom is 0.164 e. The van der Waals surface area contributed by atoms with Crippen LogP contribution in [0.1, 0.15) is 5.56 Å². The summed E-state index contributed by atoms with van der Waals surface area (Å²) in [7, 11) is 0. The first kappa shape index (κ1) is 43.1. The van der Waals surface area contributed by atoms with Crippen LogP contribution >= 0.6 is 0 Å². The average molecular weight is 984 g/mol. The monoisotopic (exact) mass is 983 g/mol. The van der Waals surface area contributed by atoms with Crippen molar-refractivity contribution >= 4 is 87.2 Å². The van der Waals surface area contributed by atoms with Crippen molar-refractivity contribution in [3.05, 3.63) is 260 Å². The molecule has 0 aliphatic carbocycles. The highest BCUT2D eigenvalue weighted by Crippen LogP contribution is 2.48. The van der Waals surface area contributed by atoms with Gasteiger partial charge in [0.1, 0.15) is 0 Å². The SMILES string of the molecule is Cc1cc2c(c3ccccc3n2-c2ccccc2)c2c1c1cc(-n3c4cccc(-c5nc(-c6ccccc6)nc(-c6ccccc6)n5)c4c4c3ccc3c5ccccc5n(-c5ccccc5)c34)ccc1n2-c1ccccc1. The van der Waals surface area contributed by atoms with E-state index in [0.717, 1.165) is 77.8 Å². The predicted octanol–water partition coefficient (Wildman–Crippen LogP) is 17.6. The molecule has 0 radical (unpaired) electrons. The van der Waals surface area contributed by atoms with Gasteiger partial charge in [0.2, 0.25) is 0 Å². The van der Waals surface area contributed by atoms with Crippen LogP contribution in [-0.4, -0.2) is 33.2 Å². The van der Waals surface area contributed by atoms with Gasteiger partial charge >= 0.3 is 0 Å². The van der Waals surface area contributed by atoms with E-state index in [1.807, 2.05) is 36.4 Å². The molecule has 0 N–H and O–H groups in total. The van der Waals surface area contributed by atoms with Gasteiger partial charge in [0.15, 0.2) is 17.5 Å². The lowest BCUT2D eigenvalue weighted by atomic mass is 10.0. The second-order valence-corrected chi connectivity index (χ2v) is 20.0. The Morgan fingerprint density at radius 3 is 1.36 bits per heavy atom. The minimum atomic E-state index is 0.609. The van der Waals surface area contributed by atoms with E-state index in [1.54, 1.807) is 0 Å². The van der Waals surface area contributed by atoms with Gasteiger partial charge in [-0.1, -0.05) is 170 Å². The van der Waals surface area contributed by atoms with E-state index < -0.39 is 0 Å². The van der Waals surface area contributed by atoms with Crippen LogP contribution < -0.4 is 0 Å². The van der Waals surface area contributed by atoms with E-state index in [2.05, 4.69) is 244 Å². The molecule has 0 unspecified atom stereocenters. The molecule has 7 heteroatoms. The molecule has 0 saturated heterocycles. The Morgan fingerprint density at radius 1 is 0.260 bits per heavy atom. The molecule has 0 saturated carbocycles. The zero-order valence-electron chi connectivity index (χ0n) is 41.9. The standard InChI is InChI=1S/C70H45N7/c1-44-42-61-64(53-33-18-20-36-57(53)74(61)47-26-11-4-12-27-47)67-62(44)55-43-50(38-40-58(55)77(67)49-30-15-6-16-31-49)75-59-37-21-34-54(70-72-68(45-22-7-2-8-23-45)71-69(73-70)46-24-9-3-10-25-46)63(59)65-60(75)41-39-52-51-32-17-19-35-56(51)76(66(52)65)48-28-13-5-14-29-48/h2-43H,1H3. The van der Waals surface area contributed by atoms with Crippen molar-refractivity contribution in [1.29, 1.82) is 0 Å². The largest absolute Gasteiger partial charge is 0.309 e. The quantitative estimate of drug-likeness (QED) is 0.160. The number of hydrogen-bond donors (Lipinski definition) is 0. The van der Waals surface area contributed by atoms with Crippen molar-refractivity contribution in [1.82, 2.24) is 33.2 Å². The Bertz CT molecular complexity index is 4960. The van der Waals surface area contributed by atoms with Crippen LogP contribution in [-0.2, 0) is 0 Å². The molecule has 0 spiro atoms. The second kappa shape index (κ2) is 16.8. The number of rotatable bonds is 7. The number of hydrogen-bond acceptors (Lipinski definition) is 3. The van der Waals surface area contributed by atoms with Crippen molar-refractivity contribution in [2.24, 2.45) is 0 Å². The van der Waals surface area contributed by atoms with Crippen LogP contribution in [0.25, 0.3) is 144 Å². The molecule has 0 aliphatic rings. The zero-order valence-corrected chi connectivity index (χ0v) is 41.9. The smallest absolute Gasteiger partial charge is 0.164 e. The van der Waals surface area contributed by atoms with E-state index >= 15 is 0 Å². The van der Waals surface area contributed by atoms with Crippen LogP contribution in [0.3, 0.4) is 0 Å². The summed E-state index contributed by atoms with van der Waals surface area (Å²) in [6.07, 6.45) is 0. The summed E-state index contributed by atoms with van der Waals surface area (Å²) in [5, 5.41) is 9.40. The van der Waals surface area contributed by atoms with Crippen molar-refractivity contribution in [2.75, 3.05) is 0 Å². The van der Waals surface area contributed by atoms with Crippen molar-refractivity contribution in [2.45, 2.75) is 6.92 Å². The molecule has 0 aliphatic heterocycles. The summed E-state index contributed by atoms with van der Waals surface area (Å²) >= 11 is 0. The number of nitrogens with zero attached hydrogens (tertiary/aromatic N) is 7. The number of benzene rings is 11. The minimum absolute atomic E-state index is 0.609. The zero-order chi connectivity index (χ0) is 50.7. The van der Waals surface area contributed by atoms with Gasteiger partial charge in [0.05, 0.1) is 44.1 Å². The van der Waals surface area contributed by atoms with Crippen molar-refractivity contribution < 1.29 is 0 Å². The van der Waals surface area contributed by atoms with Gasteiger partial charge in [-0.3, -0.25) is 0 Å². The van der Waals surface area contributed by atoms with Crippen molar-refractivity contribution in [3.63, 3.8) is 0 Å². The van der Waals surface area contributed by atoms with E-state index in [1.165, 1.54) is 54.4 Å². The highest BCUT2D eigenvalue weighted by molar-refractivity contribution is 6.30. The molecule has 360 valence electrons. The molecule has 77 heavy (non-hydrogen) atoms. The molecule has 11 aromatic carbocycles. The Labute approximate surface area is 442 Å². The third-order valence-corrected chi connectivity index (χ3v) is 15.7. The molecule has 16 rings (SSSR count). The number of aromatic nitrogens is 7. The molecular weight excluding hydrogens is 939 g/mol. The van der Waals surface area contributed by atoms with E-state index in [9.17, 15) is 0 Å². The highest BCUT2D eigenvalue weighted by atomic mass is 15.1. The Kier molecular flexibility index (Phi) is 9.41. The molecule has 0 atom stereocenters. The van der Waals surface area contributed by atoms with E-state index in [0.29, 0.717) is 17.5 Å². The maximum absolute atomic E-state index is 5.38. The van der Waals surface area contributed by atoms with Gasteiger partial charge in [0.25, 0.3) is 0 Å². The Morgan fingerprint density at radius 2 is 0.727 bits per heavy atom. The summed E-state index contributed by atoms with van der Waals surface area (Å²) in [5.74, 6) is 1.85. The van der Waals surface area contributed by atoms with Crippen LogP contribution in [0.4, 0.5) is 0 Å². The highest BCUT2D eigenvalue weighted by Gasteiger charge is 2.27. The fourth-order valence-corrected chi connectivity index (χ4v) is 12.5. The van der Waals surface area contributed by atoms with Gasteiger partial charge in [-0.25, -0.2) is 15.0 Å². The Hall–Kier alpha value is -10.4. The van der Waals surface area contributed by atoms with E-state index in [-0.39, 0.29) is 0 Å². The second-order valence-electron chi connectivity index (χ2n) is 20.0. The van der Waals surface area contributed by atoms with Gasteiger partial charge in [0, 0.05) is 82.5 Å². The van der Waals surface area contributed by atoms with Crippen LogP contribution in [0, 0.1) is 6.92 Å². The summed E-state index contributed by atoms with van der Waals surface area (Å²) in [6.45, 7) is 2.28. The molecule has 7 nitrogen and oxygen atoms in total. The number of para-hydroxylation sites is 5. The van der Waals surface area contributed by atoms with Crippen LogP contribution in [0.5, 0.6) is 0 Å². The fourth-order valence-electron chi connectivity index (χ4n) is 12.5.